The largest absolute Gasteiger partial charge is 0.356 e. The van der Waals surface area contributed by atoms with Gasteiger partial charge in [-0.1, -0.05) is 23.7 Å². The number of fused-ring (bicyclic) bond motifs is 1. The number of guanidine groups is 1. The zero-order valence-corrected chi connectivity index (χ0v) is 15.1. The molecule has 1 aliphatic heterocycles. The van der Waals surface area contributed by atoms with Crippen molar-refractivity contribution >= 4 is 17.6 Å². The summed E-state index contributed by atoms with van der Waals surface area (Å²) in [6, 6.07) is 8.53. The molecule has 2 heterocycles. The molecule has 4 rings (SSSR count). The molecule has 1 aliphatic carbocycles. The van der Waals surface area contributed by atoms with Crippen LogP contribution in [0.3, 0.4) is 0 Å². The number of aromatic nitrogens is 3. The lowest BCUT2D eigenvalue weighted by Crippen LogP contribution is -2.48. The van der Waals surface area contributed by atoms with Gasteiger partial charge in [0, 0.05) is 36.5 Å². The predicted molar refractivity (Wildman–Crippen MR) is 99.0 cm³/mol. The van der Waals surface area contributed by atoms with Crippen LogP contribution in [0.5, 0.6) is 0 Å². The zero-order chi connectivity index (χ0) is 17.3. The van der Waals surface area contributed by atoms with Crippen molar-refractivity contribution in [3.63, 3.8) is 0 Å². The highest BCUT2D eigenvalue weighted by Crippen LogP contribution is 2.48. The molecule has 0 radical (unpaired) electrons. The van der Waals surface area contributed by atoms with Gasteiger partial charge in [0.1, 0.15) is 12.2 Å². The Kier molecular flexibility index (Phi) is 4.37. The Balaban J connectivity index is 1.36. The monoisotopic (exact) mass is 358 g/mol. The van der Waals surface area contributed by atoms with Crippen LogP contribution in [0.2, 0.25) is 5.02 Å². The number of nitrogens with one attached hydrogen (secondary N) is 2. The summed E-state index contributed by atoms with van der Waals surface area (Å²) < 4.78 is 1.97. The second-order valence-electron chi connectivity index (χ2n) is 6.95. The molecule has 6 nitrogen and oxygen atoms in total. The minimum atomic E-state index is 0.189. The van der Waals surface area contributed by atoms with Crippen LogP contribution in [-0.4, -0.2) is 40.4 Å². The topological polar surface area (TPSA) is 67.1 Å². The summed E-state index contributed by atoms with van der Waals surface area (Å²) in [5.74, 6) is 1.92. The number of aryl methyl sites for hydroxylation is 1. The van der Waals surface area contributed by atoms with E-state index in [9.17, 15) is 0 Å². The highest BCUT2D eigenvalue weighted by atomic mass is 35.5. The average molecular weight is 359 g/mol. The molecule has 132 valence electrons. The first kappa shape index (κ1) is 16.4. The number of hydrogen-bond donors (Lipinski definition) is 2. The van der Waals surface area contributed by atoms with E-state index in [0.29, 0.717) is 6.04 Å². The molecular weight excluding hydrogens is 336 g/mol. The van der Waals surface area contributed by atoms with Crippen molar-refractivity contribution in [1.29, 1.82) is 0 Å². The fourth-order valence-electron chi connectivity index (χ4n) is 3.53. The summed E-state index contributed by atoms with van der Waals surface area (Å²) in [5.41, 5.74) is 1.50. The molecule has 2 aromatic rings. The number of rotatable bonds is 4. The number of hydrogen-bond acceptors (Lipinski definition) is 3. The molecule has 0 saturated heterocycles. The quantitative estimate of drug-likeness (QED) is 0.649. The molecule has 1 unspecified atom stereocenters. The molecule has 1 aromatic carbocycles. The maximum atomic E-state index is 6.16. The second kappa shape index (κ2) is 6.67. The van der Waals surface area contributed by atoms with Crippen LogP contribution < -0.4 is 10.6 Å². The van der Waals surface area contributed by atoms with E-state index < -0.39 is 0 Å². The molecular formula is C18H23ClN6. The Morgan fingerprint density at radius 2 is 2.32 bits per heavy atom. The molecule has 2 N–H and O–H groups in total. The normalized spacial score (nSPS) is 21.5. The van der Waals surface area contributed by atoms with Crippen molar-refractivity contribution in [1.82, 2.24) is 25.4 Å². The molecule has 1 atom stereocenters. The molecule has 1 aromatic heterocycles. The van der Waals surface area contributed by atoms with E-state index in [1.807, 2.05) is 23.9 Å². The predicted octanol–water partition coefficient (Wildman–Crippen LogP) is 2.14. The van der Waals surface area contributed by atoms with E-state index in [-0.39, 0.29) is 5.41 Å². The van der Waals surface area contributed by atoms with Crippen LogP contribution in [0.4, 0.5) is 0 Å². The fourth-order valence-corrected chi connectivity index (χ4v) is 3.72. The third-order valence-corrected chi connectivity index (χ3v) is 5.49. The molecule has 2 aliphatic rings. The Morgan fingerprint density at radius 1 is 1.44 bits per heavy atom. The molecule has 25 heavy (non-hydrogen) atoms. The molecule has 0 spiro atoms. The SMILES string of the molecule is CN=C(NCC1(c2cccc(Cl)c2)CC1)NC1CCc2ncnn2C1. The van der Waals surface area contributed by atoms with Crippen LogP contribution in [0.25, 0.3) is 0 Å². The summed E-state index contributed by atoms with van der Waals surface area (Å²) in [6.07, 6.45) is 5.98. The Hall–Kier alpha value is -2.08. The van der Waals surface area contributed by atoms with Crippen molar-refractivity contribution in [2.75, 3.05) is 13.6 Å². The van der Waals surface area contributed by atoms with Gasteiger partial charge in [-0.3, -0.25) is 4.99 Å². The highest BCUT2D eigenvalue weighted by Gasteiger charge is 2.44. The van der Waals surface area contributed by atoms with Crippen LogP contribution in [0.1, 0.15) is 30.7 Å². The van der Waals surface area contributed by atoms with Gasteiger partial charge in [-0.05, 0) is 37.0 Å². The van der Waals surface area contributed by atoms with Crippen molar-refractivity contribution < 1.29 is 0 Å². The van der Waals surface area contributed by atoms with E-state index in [2.05, 4.69) is 37.8 Å². The van der Waals surface area contributed by atoms with Crippen molar-refractivity contribution in [2.45, 2.75) is 43.7 Å². The number of halogens is 1. The maximum Gasteiger partial charge on any atom is 0.191 e. The van der Waals surface area contributed by atoms with E-state index in [4.69, 9.17) is 11.6 Å². The minimum Gasteiger partial charge on any atom is -0.356 e. The lowest BCUT2D eigenvalue weighted by Gasteiger charge is -2.26. The van der Waals surface area contributed by atoms with Gasteiger partial charge in [0.15, 0.2) is 5.96 Å². The van der Waals surface area contributed by atoms with E-state index in [0.717, 1.165) is 42.7 Å². The van der Waals surface area contributed by atoms with Crippen molar-refractivity contribution in [3.05, 3.63) is 47.0 Å². The Labute approximate surface area is 152 Å². The summed E-state index contributed by atoms with van der Waals surface area (Å²) in [6.45, 7) is 1.70. The lowest BCUT2D eigenvalue weighted by atomic mass is 9.96. The minimum absolute atomic E-state index is 0.189. The summed E-state index contributed by atoms with van der Waals surface area (Å²) >= 11 is 6.16. The van der Waals surface area contributed by atoms with Crippen molar-refractivity contribution in [3.8, 4) is 0 Å². The van der Waals surface area contributed by atoms with E-state index in [1.165, 1.54) is 18.4 Å². The number of benzene rings is 1. The van der Waals surface area contributed by atoms with Gasteiger partial charge < -0.3 is 10.6 Å². The maximum absolute atomic E-state index is 6.16. The van der Waals surface area contributed by atoms with Gasteiger partial charge in [0.05, 0.1) is 6.54 Å². The third kappa shape index (κ3) is 3.49. The molecule has 7 heteroatoms. The van der Waals surface area contributed by atoms with Crippen LogP contribution in [-0.2, 0) is 18.4 Å². The smallest absolute Gasteiger partial charge is 0.191 e. The van der Waals surface area contributed by atoms with Crippen LogP contribution in [0.15, 0.2) is 35.6 Å². The highest BCUT2D eigenvalue weighted by molar-refractivity contribution is 6.30. The summed E-state index contributed by atoms with van der Waals surface area (Å²) in [4.78, 5) is 8.67. The van der Waals surface area contributed by atoms with Gasteiger partial charge in [0.25, 0.3) is 0 Å². The van der Waals surface area contributed by atoms with Gasteiger partial charge in [0.2, 0.25) is 0 Å². The number of aliphatic imine (C=N–C) groups is 1. The molecule has 1 fully saturated rings. The Bertz CT molecular complexity index is 779. The van der Waals surface area contributed by atoms with Gasteiger partial charge in [-0.25, -0.2) is 9.67 Å². The van der Waals surface area contributed by atoms with E-state index in [1.54, 1.807) is 6.33 Å². The third-order valence-electron chi connectivity index (χ3n) is 5.25. The lowest BCUT2D eigenvalue weighted by molar-refractivity contribution is 0.392. The fraction of sp³-hybridized carbons (Fsp3) is 0.500. The van der Waals surface area contributed by atoms with Gasteiger partial charge >= 0.3 is 0 Å². The average Bonchev–Trinajstić information content (AvgIpc) is 3.28. The first-order chi connectivity index (χ1) is 12.2. The zero-order valence-electron chi connectivity index (χ0n) is 14.4. The molecule has 0 amide bonds. The second-order valence-corrected chi connectivity index (χ2v) is 7.39. The number of nitrogens with zero attached hydrogens (tertiary/aromatic N) is 4. The van der Waals surface area contributed by atoms with Gasteiger partial charge in [-0.2, -0.15) is 5.10 Å². The summed E-state index contributed by atoms with van der Waals surface area (Å²) in [5, 5.41) is 12.1. The molecule has 1 saturated carbocycles. The first-order valence-electron chi connectivity index (χ1n) is 8.78. The van der Waals surface area contributed by atoms with Crippen LogP contribution in [0, 0.1) is 0 Å². The molecule has 0 bridgehead atoms. The van der Waals surface area contributed by atoms with Crippen molar-refractivity contribution in [2.24, 2.45) is 4.99 Å². The Morgan fingerprint density at radius 3 is 3.08 bits per heavy atom. The van der Waals surface area contributed by atoms with E-state index >= 15 is 0 Å². The van der Waals surface area contributed by atoms with Crippen LogP contribution >= 0.6 is 11.6 Å². The first-order valence-corrected chi connectivity index (χ1v) is 9.16. The van der Waals surface area contributed by atoms with Gasteiger partial charge in [-0.15, -0.1) is 0 Å². The standard InChI is InChI=1S/C18H23ClN6/c1-20-17(24-15-5-6-16-22-12-23-25(16)10-15)21-11-18(7-8-18)13-3-2-4-14(19)9-13/h2-4,9,12,15H,5-8,10-11H2,1H3,(H2,20,21,24). The summed E-state index contributed by atoms with van der Waals surface area (Å²) in [7, 11) is 1.82.